The number of carbonyl (C=O) groups is 6. The Morgan fingerprint density at radius 3 is 2.16 bits per heavy atom. The molecule has 230 valence electrons. The van der Waals surface area contributed by atoms with Crippen LogP contribution in [-0.2, 0) is 25.7 Å². The zero-order chi connectivity index (χ0) is 32.1. The Kier molecular flexibility index (Phi) is 10.1. The third-order valence-corrected chi connectivity index (χ3v) is 7.13. The number of carbonyl (C=O) groups excluding carboxylic acids is 5. The van der Waals surface area contributed by atoms with Crippen molar-refractivity contribution in [3.8, 4) is 0 Å². The Morgan fingerprint density at radius 1 is 0.977 bits per heavy atom. The van der Waals surface area contributed by atoms with Gasteiger partial charge >= 0.3 is 18.0 Å². The van der Waals surface area contributed by atoms with Crippen LogP contribution in [0.5, 0.6) is 0 Å². The predicted molar refractivity (Wildman–Crippen MR) is 159 cm³/mol. The number of benzene rings is 2. The van der Waals surface area contributed by atoms with Crippen LogP contribution in [0, 0.1) is 12.8 Å². The molecule has 2 atom stereocenters. The number of amides is 7. The third kappa shape index (κ3) is 7.87. The normalized spacial score (nSPS) is 15.7. The number of nitrogens with one attached hydrogen (secondary N) is 3. The van der Waals surface area contributed by atoms with Crippen molar-refractivity contribution in [2.75, 3.05) is 10.6 Å². The number of imide groups is 1. The van der Waals surface area contributed by atoms with Crippen LogP contribution in [0.15, 0.2) is 48.5 Å². The number of hydrogen-bond donors (Lipinski definition) is 5. The summed E-state index contributed by atoms with van der Waals surface area (Å²) >= 11 is 0. The number of carboxylic acid groups (broad SMARTS) is 1. The van der Waals surface area contributed by atoms with Crippen molar-refractivity contribution in [3.05, 3.63) is 59.7 Å². The molecule has 2 aromatic carbocycles. The third-order valence-electron chi connectivity index (χ3n) is 7.13. The van der Waals surface area contributed by atoms with Gasteiger partial charge in [-0.2, -0.15) is 0 Å². The van der Waals surface area contributed by atoms with E-state index in [4.69, 9.17) is 5.73 Å². The molecular formula is C30H38N6O7. The number of rotatable bonds is 12. The molecule has 6 N–H and O–H groups in total. The van der Waals surface area contributed by atoms with Crippen molar-refractivity contribution in [2.45, 2.75) is 71.6 Å². The zero-order valence-electron chi connectivity index (χ0n) is 24.8. The van der Waals surface area contributed by atoms with Gasteiger partial charge in [-0.05, 0) is 62.4 Å². The van der Waals surface area contributed by atoms with Crippen molar-refractivity contribution in [2.24, 2.45) is 11.7 Å². The molecule has 0 aliphatic carbocycles. The fourth-order valence-electron chi connectivity index (χ4n) is 4.73. The second kappa shape index (κ2) is 13.4. The SMILES string of the molecule is Cc1ccccc1NC(=O)Nc1ccc(CN2C(=O)N([C@@H](CC(C)C)C(=O)N[C@@H](CC(N)=O)C(=O)O)C(=O)C2(C)C)cc1. The maximum Gasteiger partial charge on any atom is 0.328 e. The van der Waals surface area contributed by atoms with Gasteiger partial charge in [0.15, 0.2) is 0 Å². The average Bonchev–Trinajstić information content (AvgIpc) is 3.07. The van der Waals surface area contributed by atoms with Gasteiger partial charge in [0.2, 0.25) is 11.8 Å². The number of nitrogens with zero attached hydrogens (tertiary/aromatic N) is 2. The van der Waals surface area contributed by atoms with Crippen molar-refractivity contribution in [1.29, 1.82) is 0 Å². The molecule has 3 rings (SSSR count). The number of aryl methyl sites for hydroxylation is 1. The van der Waals surface area contributed by atoms with Crippen LogP contribution in [0.2, 0.25) is 0 Å². The first-order valence-electron chi connectivity index (χ1n) is 13.8. The number of para-hydroxylation sites is 1. The lowest BCUT2D eigenvalue weighted by Crippen LogP contribution is -2.55. The Labute approximate surface area is 249 Å². The zero-order valence-corrected chi connectivity index (χ0v) is 24.8. The van der Waals surface area contributed by atoms with Crippen LogP contribution < -0.4 is 21.7 Å². The minimum atomic E-state index is -1.61. The number of hydrogen-bond acceptors (Lipinski definition) is 6. The van der Waals surface area contributed by atoms with E-state index in [1.54, 1.807) is 58.0 Å². The van der Waals surface area contributed by atoms with Gasteiger partial charge in [-0.15, -0.1) is 0 Å². The molecule has 43 heavy (non-hydrogen) atoms. The van der Waals surface area contributed by atoms with E-state index in [2.05, 4.69) is 16.0 Å². The number of urea groups is 2. The van der Waals surface area contributed by atoms with Crippen LogP contribution in [0.4, 0.5) is 21.0 Å². The molecular weight excluding hydrogens is 556 g/mol. The van der Waals surface area contributed by atoms with Gasteiger partial charge in [0, 0.05) is 17.9 Å². The quantitative estimate of drug-likeness (QED) is 0.233. The van der Waals surface area contributed by atoms with Crippen LogP contribution in [0.3, 0.4) is 0 Å². The summed E-state index contributed by atoms with van der Waals surface area (Å²) in [5.41, 5.74) is 6.57. The van der Waals surface area contributed by atoms with E-state index in [9.17, 15) is 33.9 Å². The highest BCUT2D eigenvalue weighted by atomic mass is 16.4. The summed E-state index contributed by atoms with van der Waals surface area (Å²) in [6, 6.07) is 10.1. The summed E-state index contributed by atoms with van der Waals surface area (Å²) in [4.78, 5) is 78.0. The lowest BCUT2D eigenvalue weighted by molar-refractivity contribution is -0.145. The van der Waals surface area contributed by atoms with Crippen molar-refractivity contribution in [3.63, 3.8) is 0 Å². The van der Waals surface area contributed by atoms with E-state index in [0.717, 1.165) is 10.5 Å². The average molecular weight is 595 g/mol. The molecule has 0 aromatic heterocycles. The number of carboxylic acids is 1. The minimum Gasteiger partial charge on any atom is -0.480 e. The van der Waals surface area contributed by atoms with E-state index in [1.807, 2.05) is 25.1 Å². The molecule has 0 bridgehead atoms. The highest BCUT2D eigenvalue weighted by Crippen LogP contribution is 2.33. The Morgan fingerprint density at radius 2 is 1.60 bits per heavy atom. The van der Waals surface area contributed by atoms with E-state index in [1.165, 1.54) is 4.90 Å². The van der Waals surface area contributed by atoms with Crippen molar-refractivity contribution >= 4 is 47.1 Å². The summed E-state index contributed by atoms with van der Waals surface area (Å²) < 4.78 is 0. The van der Waals surface area contributed by atoms with Crippen LogP contribution in [0.25, 0.3) is 0 Å². The molecule has 13 heteroatoms. The van der Waals surface area contributed by atoms with Crippen molar-refractivity contribution < 1.29 is 33.9 Å². The predicted octanol–water partition coefficient (Wildman–Crippen LogP) is 3.04. The Balaban J connectivity index is 1.76. The maximum atomic E-state index is 13.7. The second-order valence-corrected chi connectivity index (χ2v) is 11.4. The fraction of sp³-hybridized carbons (Fsp3) is 0.400. The number of primary amides is 1. The lowest BCUT2D eigenvalue weighted by Gasteiger charge is -2.28. The second-order valence-electron chi connectivity index (χ2n) is 11.4. The largest absolute Gasteiger partial charge is 0.480 e. The molecule has 1 saturated heterocycles. The molecule has 0 saturated carbocycles. The lowest BCUT2D eigenvalue weighted by atomic mass is 9.99. The van der Waals surface area contributed by atoms with E-state index in [0.29, 0.717) is 16.9 Å². The maximum absolute atomic E-state index is 13.7. The molecule has 2 aromatic rings. The first-order valence-corrected chi connectivity index (χ1v) is 13.8. The van der Waals surface area contributed by atoms with Gasteiger partial charge in [-0.1, -0.05) is 44.2 Å². The first-order chi connectivity index (χ1) is 20.1. The highest BCUT2D eigenvalue weighted by Gasteiger charge is 2.54. The van der Waals surface area contributed by atoms with Gasteiger partial charge in [0.05, 0.1) is 6.42 Å². The summed E-state index contributed by atoms with van der Waals surface area (Å²) in [5, 5.41) is 17.2. The standard InChI is InChI=1S/C30H38N6O7/c1-17(2)14-23(25(38)33-22(26(39)40)15-24(31)37)36-27(41)30(4,5)35(29(36)43)16-19-10-12-20(13-11-19)32-28(42)34-21-9-7-6-8-18(21)3/h6-13,17,22-23H,14-16H2,1-5H3,(H2,31,37)(H,33,38)(H,39,40)(H2,32,34,42)/t22-,23-/m0/s1. The van der Waals surface area contributed by atoms with E-state index < -0.39 is 59.8 Å². The van der Waals surface area contributed by atoms with Gasteiger partial charge in [-0.25, -0.2) is 19.3 Å². The summed E-state index contributed by atoms with van der Waals surface area (Å²) in [5.74, 6) is -4.03. The number of nitrogens with two attached hydrogens (primary N) is 1. The molecule has 1 fully saturated rings. The molecule has 0 radical (unpaired) electrons. The molecule has 1 heterocycles. The molecule has 1 aliphatic rings. The minimum absolute atomic E-state index is 0.0270. The molecule has 13 nitrogen and oxygen atoms in total. The van der Waals surface area contributed by atoms with E-state index >= 15 is 0 Å². The first kappa shape index (κ1) is 32.6. The Bertz CT molecular complexity index is 1410. The summed E-state index contributed by atoms with van der Waals surface area (Å²) in [7, 11) is 0. The van der Waals surface area contributed by atoms with E-state index in [-0.39, 0.29) is 18.9 Å². The summed E-state index contributed by atoms with van der Waals surface area (Å²) in [6.07, 6.45) is -0.575. The number of aliphatic carboxylic acids is 1. The van der Waals surface area contributed by atoms with Gasteiger partial charge in [-0.3, -0.25) is 14.4 Å². The van der Waals surface area contributed by atoms with Crippen LogP contribution in [0.1, 0.15) is 51.7 Å². The van der Waals surface area contributed by atoms with Gasteiger partial charge in [0.25, 0.3) is 5.91 Å². The molecule has 0 unspecified atom stereocenters. The van der Waals surface area contributed by atoms with Crippen LogP contribution >= 0.6 is 0 Å². The smallest absolute Gasteiger partial charge is 0.328 e. The molecule has 0 spiro atoms. The summed E-state index contributed by atoms with van der Waals surface area (Å²) in [6.45, 7) is 8.63. The van der Waals surface area contributed by atoms with Crippen molar-refractivity contribution in [1.82, 2.24) is 15.1 Å². The fourth-order valence-corrected chi connectivity index (χ4v) is 4.73. The topological polar surface area (TPSA) is 191 Å². The highest BCUT2D eigenvalue weighted by molar-refractivity contribution is 6.09. The number of anilines is 2. The van der Waals surface area contributed by atoms with Crippen LogP contribution in [-0.4, -0.2) is 68.3 Å². The monoisotopic (exact) mass is 594 g/mol. The molecule has 7 amide bonds. The van der Waals surface area contributed by atoms with Gasteiger partial charge in [0.1, 0.15) is 17.6 Å². The molecule has 1 aliphatic heterocycles. The Hall–Kier alpha value is -4.94. The van der Waals surface area contributed by atoms with Gasteiger partial charge < -0.3 is 31.7 Å².